The van der Waals surface area contributed by atoms with E-state index < -0.39 is 6.16 Å². The second-order valence-corrected chi connectivity index (χ2v) is 6.49. The van der Waals surface area contributed by atoms with Crippen molar-refractivity contribution in [2.75, 3.05) is 26.2 Å². The minimum absolute atomic E-state index is 1.16. The van der Waals surface area contributed by atoms with Crippen LogP contribution in [0.2, 0.25) is 0 Å². The van der Waals surface area contributed by atoms with Crippen LogP contribution in [-0.4, -0.2) is 32.3 Å². The molecule has 0 amide bonds. The largest absolute Gasteiger partial charge is 0.652 e. The molecule has 0 aliphatic carbocycles. The molecule has 2 N–H and O–H groups in total. The lowest BCUT2D eigenvalue weighted by Crippen LogP contribution is -3.10. The summed E-state index contributed by atoms with van der Waals surface area (Å²) < 4.78 is 0. The van der Waals surface area contributed by atoms with Crippen LogP contribution < -0.4 is 20.0 Å². The number of quaternary nitrogens is 2. The first-order valence-electron chi connectivity index (χ1n) is 10.1. The molecule has 0 radical (unpaired) electrons. The highest BCUT2D eigenvalue weighted by Gasteiger charge is 2.03. The van der Waals surface area contributed by atoms with Crippen molar-refractivity contribution in [1.29, 1.82) is 0 Å². The molecule has 0 heterocycles. The lowest BCUT2D eigenvalue weighted by Gasteiger charge is -2.14. The van der Waals surface area contributed by atoms with Gasteiger partial charge in [0.05, 0.1) is 26.2 Å². The van der Waals surface area contributed by atoms with Gasteiger partial charge in [-0.25, -0.2) is 0 Å². The first kappa shape index (κ1) is 25.6. The molecule has 0 saturated carbocycles. The van der Waals surface area contributed by atoms with Crippen LogP contribution in [0, 0.1) is 0 Å². The Morgan fingerprint density at radius 1 is 0.643 bits per heavy atom. The van der Waals surface area contributed by atoms with Crippen LogP contribution in [0.25, 0.3) is 0 Å². The fourth-order valence-corrected chi connectivity index (χ4v) is 2.77. The minimum atomic E-state index is -2.33. The Labute approximate surface area is 170 Å². The number of nitrogens with one attached hydrogen (secondary N) is 2. The molecule has 0 atom stereocenters. The van der Waals surface area contributed by atoms with E-state index in [1.165, 1.54) is 37.3 Å². The third-order valence-electron chi connectivity index (χ3n) is 4.59. The van der Waals surface area contributed by atoms with Gasteiger partial charge in [-0.3, -0.25) is 0 Å². The van der Waals surface area contributed by atoms with Crippen molar-refractivity contribution >= 4 is 6.16 Å². The van der Waals surface area contributed by atoms with E-state index in [9.17, 15) is 0 Å². The first-order chi connectivity index (χ1) is 13.5. The minimum Gasteiger partial charge on any atom is -0.652 e. The van der Waals surface area contributed by atoms with Crippen LogP contribution in [0.15, 0.2) is 60.7 Å². The summed E-state index contributed by atoms with van der Waals surface area (Å²) in [6.45, 7) is 16.1. The summed E-state index contributed by atoms with van der Waals surface area (Å²) in [5.41, 5.74) is 2.88. The maximum absolute atomic E-state index is 8.33. The third kappa shape index (κ3) is 13.8. The molecule has 0 saturated heterocycles. The molecule has 0 unspecified atom stereocenters. The van der Waals surface area contributed by atoms with E-state index in [1.54, 1.807) is 9.80 Å². The first-order valence-corrected chi connectivity index (χ1v) is 10.1. The van der Waals surface area contributed by atoms with Crippen LogP contribution in [0.1, 0.15) is 38.8 Å². The molecule has 0 aliphatic rings. The zero-order valence-corrected chi connectivity index (χ0v) is 17.7. The molecule has 5 heteroatoms. The average Bonchev–Trinajstić information content (AvgIpc) is 2.72. The standard InChI is InChI=1S/2C11H17N.CH2O3/c2*1-3-12(4-2)10-11-8-6-5-7-9-11;2-1(3)4/h2*5-9H,3-4,10H2,1-2H3;(H2,2,3,4). The quantitative estimate of drug-likeness (QED) is 0.657. The molecule has 2 aromatic rings. The Hall–Kier alpha value is -2.37. The van der Waals surface area contributed by atoms with E-state index in [-0.39, 0.29) is 0 Å². The second-order valence-electron chi connectivity index (χ2n) is 6.49. The van der Waals surface area contributed by atoms with Crippen molar-refractivity contribution in [2.45, 2.75) is 40.8 Å². The molecule has 5 nitrogen and oxygen atoms in total. The maximum Gasteiger partial charge on any atom is 0.103 e. The lowest BCUT2D eigenvalue weighted by molar-refractivity contribution is -0.910. The van der Waals surface area contributed by atoms with Crippen LogP contribution in [0.3, 0.4) is 0 Å². The van der Waals surface area contributed by atoms with Crippen molar-refractivity contribution in [2.24, 2.45) is 0 Å². The normalized spacial score (nSPS) is 9.93. The lowest BCUT2D eigenvalue weighted by atomic mass is 10.2. The molecule has 0 spiro atoms. The fourth-order valence-electron chi connectivity index (χ4n) is 2.77. The molecule has 28 heavy (non-hydrogen) atoms. The summed E-state index contributed by atoms with van der Waals surface area (Å²) in [5.74, 6) is 0. The number of carbonyl (C=O) groups excluding carboxylic acids is 1. The Bertz CT molecular complexity index is 544. The predicted molar refractivity (Wildman–Crippen MR) is 110 cm³/mol. The summed E-state index contributed by atoms with van der Waals surface area (Å²) in [5, 5.41) is 16.7. The topological polar surface area (TPSA) is 72.1 Å². The van der Waals surface area contributed by atoms with Crippen LogP contribution in [0.5, 0.6) is 0 Å². The van der Waals surface area contributed by atoms with Gasteiger partial charge in [0.2, 0.25) is 0 Å². The molecule has 156 valence electrons. The smallest absolute Gasteiger partial charge is 0.103 e. The summed E-state index contributed by atoms with van der Waals surface area (Å²) in [7, 11) is 0. The summed E-state index contributed by atoms with van der Waals surface area (Å²) >= 11 is 0. The predicted octanol–water partition coefficient (Wildman–Crippen LogP) is -0.224. The number of hydrogen-bond donors (Lipinski definition) is 2. The van der Waals surface area contributed by atoms with Crippen molar-refractivity contribution in [3.8, 4) is 0 Å². The number of hydrogen-bond acceptors (Lipinski definition) is 3. The van der Waals surface area contributed by atoms with E-state index in [2.05, 4.69) is 88.4 Å². The number of carbonyl (C=O) groups is 1. The van der Waals surface area contributed by atoms with E-state index >= 15 is 0 Å². The van der Waals surface area contributed by atoms with Gasteiger partial charge in [0.1, 0.15) is 13.1 Å². The van der Waals surface area contributed by atoms with Gasteiger partial charge in [0.15, 0.2) is 0 Å². The van der Waals surface area contributed by atoms with Crippen LogP contribution >= 0.6 is 0 Å². The van der Waals surface area contributed by atoms with E-state index in [1.807, 2.05) is 0 Å². The zero-order chi connectivity index (χ0) is 21.2. The Kier molecular flexibility index (Phi) is 15.4. The summed E-state index contributed by atoms with van der Waals surface area (Å²) in [6.07, 6.45) is -2.33. The molecule has 2 aromatic carbocycles. The highest BCUT2D eigenvalue weighted by molar-refractivity contribution is 5.47. The maximum atomic E-state index is 8.33. The Morgan fingerprint density at radius 2 is 0.893 bits per heavy atom. The molecule has 0 aromatic heterocycles. The van der Waals surface area contributed by atoms with Gasteiger partial charge >= 0.3 is 0 Å². The second kappa shape index (κ2) is 16.8. The van der Waals surface area contributed by atoms with Gasteiger partial charge in [-0.2, -0.15) is 0 Å². The van der Waals surface area contributed by atoms with Gasteiger partial charge < -0.3 is 24.8 Å². The van der Waals surface area contributed by atoms with Gasteiger partial charge in [0.25, 0.3) is 0 Å². The number of benzene rings is 2. The van der Waals surface area contributed by atoms with Crippen molar-refractivity contribution in [1.82, 2.24) is 0 Å². The van der Waals surface area contributed by atoms with Gasteiger partial charge in [-0.1, -0.05) is 60.7 Å². The van der Waals surface area contributed by atoms with Gasteiger partial charge in [-0.05, 0) is 33.9 Å². The number of carboxylic acid groups (broad SMARTS) is 2. The van der Waals surface area contributed by atoms with Crippen LogP contribution in [-0.2, 0) is 13.1 Å². The van der Waals surface area contributed by atoms with Crippen molar-refractivity contribution in [3.63, 3.8) is 0 Å². The highest BCUT2D eigenvalue weighted by Crippen LogP contribution is 1.95. The van der Waals surface area contributed by atoms with Gasteiger partial charge in [0, 0.05) is 11.1 Å². The van der Waals surface area contributed by atoms with Crippen molar-refractivity contribution < 1.29 is 24.8 Å². The highest BCUT2D eigenvalue weighted by atomic mass is 16.6. The van der Waals surface area contributed by atoms with E-state index in [4.69, 9.17) is 15.0 Å². The van der Waals surface area contributed by atoms with E-state index in [0.29, 0.717) is 0 Å². The molecule has 0 fully saturated rings. The summed E-state index contributed by atoms with van der Waals surface area (Å²) in [4.78, 5) is 11.6. The zero-order valence-electron chi connectivity index (χ0n) is 17.7. The van der Waals surface area contributed by atoms with Crippen molar-refractivity contribution in [3.05, 3.63) is 71.8 Å². The van der Waals surface area contributed by atoms with Crippen LogP contribution in [0.4, 0.5) is 4.79 Å². The van der Waals surface area contributed by atoms with Gasteiger partial charge in [-0.15, -0.1) is 0 Å². The third-order valence-corrected chi connectivity index (χ3v) is 4.59. The number of rotatable bonds is 8. The molecule has 2 rings (SSSR count). The molecule has 0 aliphatic heterocycles. The monoisotopic (exact) mass is 388 g/mol. The Balaban J connectivity index is 0.000000439. The average molecular weight is 389 g/mol. The molecular formula is C23H36N2O3. The Morgan fingerprint density at radius 3 is 1.11 bits per heavy atom. The fraction of sp³-hybridized carbons (Fsp3) is 0.435. The SMILES string of the molecule is CC[NH+](CC)Cc1ccccc1.CC[NH+](CC)Cc1ccccc1.O=C([O-])[O-]. The molecule has 0 bridgehead atoms. The molecular weight excluding hydrogens is 352 g/mol. The summed E-state index contributed by atoms with van der Waals surface area (Å²) in [6, 6.07) is 21.4. The van der Waals surface area contributed by atoms with E-state index in [0.717, 1.165) is 13.1 Å².